The maximum absolute atomic E-state index is 10.5. The average molecular weight is 576 g/mol. The van der Waals surface area contributed by atoms with Crippen LogP contribution in [0.5, 0.6) is 5.75 Å². The number of aliphatic hydroxyl groups is 1. The number of ether oxygens (including phenoxy) is 1. The zero-order chi connectivity index (χ0) is 19.2. The Balaban J connectivity index is 0.00000280. The highest BCUT2D eigenvalue weighted by Gasteiger charge is 2.12. The van der Waals surface area contributed by atoms with Gasteiger partial charge in [0, 0.05) is 29.7 Å². The van der Waals surface area contributed by atoms with E-state index in [9.17, 15) is 5.11 Å². The van der Waals surface area contributed by atoms with Gasteiger partial charge in [-0.3, -0.25) is 4.99 Å². The summed E-state index contributed by atoms with van der Waals surface area (Å²) in [6, 6.07) is 16.1. The average Bonchev–Trinajstić information content (AvgIpc) is 3.12. The van der Waals surface area contributed by atoms with Crippen LogP contribution in [-0.4, -0.2) is 31.8 Å². The molecule has 2 aromatic carbocycles. The largest absolute Gasteiger partial charge is 0.496 e. The summed E-state index contributed by atoms with van der Waals surface area (Å²) in [7, 11) is 3.36. The van der Waals surface area contributed by atoms with Gasteiger partial charge in [0.1, 0.15) is 11.9 Å². The molecular weight excluding hydrogens is 553 g/mol. The fourth-order valence-electron chi connectivity index (χ4n) is 2.69. The summed E-state index contributed by atoms with van der Waals surface area (Å²) in [6.07, 6.45) is -0.587. The standard InChI is InChI=1S/C20H22BrN3O2S.HI/c1-22-20(23-11-13-7-8-17(26-2)15(21)9-13)24-12-16(25)19-10-14-5-3-4-6-18(14)27-19;/h3-10,16,25H,11-12H2,1-2H3,(H2,22,23,24);1H. The Morgan fingerprint density at radius 3 is 2.68 bits per heavy atom. The lowest BCUT2D eigenvalue weighted by molar-refractivity contribution is 0.184. The van der Waals surface area contributed by atoms with E-state index in [0.717, 1.165) is 26.0 Å². The molecule has 3 rings (SSSR count). The molecule has 1 atom stereocenters. The number of nitrogens with zero attached hydrogens (tertiary/aromatic N) is 1. The van der Waals surface area contributed by atoms with Gasteiger partial charge in [-0.2, -0.15) is 0 Å². The molecule has 1 unspecified atom stereocenters. The Kier molecular flexibility index (Phi) is 9.00. The van der Waals surface area contributed by atoms with Crippen molar-refractivity contribution < 1.29 is 9.84 Å². The second kappa shape index (κ2) is 11.0. The summed E-state index contributed by atoms with van der Waals surface area (Å²) < 4.78 is 7.33. The van der Waals surface area contributed by atoms with E-state index in [2.05, 4.69) is 43.7 Å². The smallest absolute Gasteiger partial charge is 0.191 e. The number of rotatable bonds is 6. The van der Waals surface area contributed by atoms with Gasteiger partial charge in [0.15, 0.2) is 5.96 Å². The van der Waals surface area contributed by atoms with Gasteiger partial charge in [0.2, 0.25) is 0 Å². The summed E-state index contributed by atoms with van der Waals surface area (Å²) >= 11 is 5.10. The molecule has 0 saturated heterocycles. The molecule has 5 nitrogen and oxygen atoms in total. The van der Waals surface area contributed by atoms with Crippen molar-refractivity contribution in [3.63, 3.8) is 0 Å². The minimum atomic E-state index is -0.587. The maximum Gasteiger partial charge on any atom is 0.191 e. The summed E-state index contributed by atoms with van der Waals surface area (Å²) in [5, 5.41) is 18.1. The van der Waals surface area contributed by atoms with Gasteiger partial charge in [-0.25, -0.2) is 0 Å². The van der Waals surface area contributed by atoms with E-state index in [1.54, 1.807) is 25.5 Å². The summed E-state index contributed by atoms with van der Waals surface area (Å²) in [5.74, 6) is 1.44. The van der Waals surface area contributed by atoms with Gasteiger partial charge >= 0.3 is 0 Å². The SMILES string of the molecule is CN=C(NCc1ccc(OC)c(Br)c1)NCC(O)c1cc2ccccc2s1.I. The first-order chi connectivity index (χ1) is 13.1. The highest BCUT2D eigenvalue weighted by Crippen LogP contribution is 2.29. The van der Waals surface area contributed by atoms with Crippen LogP contribution in [0.3, 0.4) is 0 Å². The highest BCUT2D eigenvalue weighted by molar-refractivity contribution is 14.0. The Morgan fingerprint density at radius 1 is 1.21 bits per heavy atom. The highest BCUT2D eigenvalue weighted by atomic mass is 127. The fraction of sp³-hybridized carbons (Fsp3) is 0.250. The number of thiophene rings is 1. The van der Waals surface area contributed by atoms with E-state index < -0.39 is 6.10 Å². The molecule has 0 amide bonds. The van der Waals surface area contributed by atoms with E-state index in [0.29, 0.717) is 19.0 Å². The van der Waals surface area contributed by atoms with Crippen LogP contribution in [0.1, 0.15) is 16.5 Å². The van der Waals surface area contributed by atoms with Gasteiger partial charge in [0.05, 0.1) is 11.6 Å². The van der Waals surface area contributed by atoms with Gasteiger partial charge in [-0.1, -0.05) is 24.3 Å². The Morgan fingerprint density at radius 2 is 2.00 bits per heavy atom. The Hall–Kier alpha value is -1.36. The van der Waals surface area contributed by atoms with Crippen molar-refractivity contribution in [2.45, 2.75) is 12.6 Å². The summed E-state index contributed by atoms with van der Waals surface area (Å²) in [5.41, 5.74) is 1.09. The molecule has 0 aliphatic carbocycles. The molecule has 0 fully saturated rings. The second-order valence-corrected chi connectivity index (χ2v) is 7.95. The van der Waals surface area contributed by atoms with Crippen molar-refractivity contribution in [3.05, 3.63) is 63.4 Å². The van der Waals surface area contributed by atoms with Crippen LogP contribution in [0.25, 0.3) is 10.1 Å². The van der Waals surface area contributed by atoms with Crippen molar-refractivity contribution >= 4 is 67.3 Å². The number of benzene rings is 2. The van der Waals surface area contributed by atoms with Gasteiger partial charge in [-0.05, 0) is 51.1 Å². The molecule has 0 aliphatic heterocycles. The topological polar surface area (TPSA) is 65.9 Å². The minimum Gasteiger partial charge on any atom is -0.496 e. The molecule has 150 valence electrons. The molecule has 0 bridgehead atoms. The third-order valence-corrected chi connectivity index (χ3v) is 5.97. The molecule has 28 heavy (non-hydrogen) atoms. The predicted octanol–water partition coefficient (Wildman–Crippen LogP) is 4.69. The molecule has 0 radical (unpaired) electrons. The van der Waals surface area contributed by atoms with Crippen molar-refractivity contribution in [3.8, 4) is 5.75 Å². The lowest BCUT2D eigenvalue weighted by Gasteiger charge is -2.15. The van der Waals surface area contributed by atoms with Crippen LogP contribution < -0.4 is 15.4 Å². The zero-order valence-corrected chi connectivity index (χ0v) is 20.3. The number of hydrogen-bond acceptors (Lipinski definition) is 4. The first-order valence-electron chi connectivity index (χ1n) is 8.54. The molecule has 0 saturated carbocycles. The van der Waals surface area contributed by atoms with E-state index >= 15 is 0 Å². The number of nitrogens with one attached hydrogen (secondary N) is 2. The number of halogens is 2. The first-order valence-corrected chi connectivity index (χ1v) is 10.1. The quantitative estimate of drug-likeness (QED) is 0.227. The molecule has 1 heterocycles. The molecule has 3 N–H and O–H groups in total. The molecule has 8 heteroatoms. The summed E-state index contributed by atoms with van der Waals surface area (Å²) in [4.78, 5) is 5.16. The number of aliphatic imine (C=N–C) groups is 1. The third kappa shape index (κ3) is 5.82. The van der Waals surface area contributed by atoms with Gasteiger partial charge in [-0.15, -0.1) is 35.3 Å². The van der Waals surface area contributed by atoms with E-state index in [4.69, 9.17) is 4.74 Å². The van der Waals surface area contributed by atoms with Crippen LogP contribution in [0.4, 0.5) is 0 Å². The third-order valence-electron chi connectivity index (χ3n) is 4.14. The van der Waals surface area contributed by atoms with Crippen LogP contribution in [-0.2, 0) is 6.54 Å². The first kappa shape index (κ1) is 22.9. The second-order valence-electron chi connectivity index (χ2n) is 5.98. The lowest BCUT2D eigenvalue weighted by atomic mass is 10.2. The number of guanidine groups is 1. The number of methoxy groups -OCH3 is 1. The van der Waals surface area contributed by atoms with Crippen molar-refractivity contribution in [1.82, 2.24) is 10.6 Å². The van der Waals surface area contributed by atoms with E-state index in [-0.39, 0.29) is 24.0 Å². The lowest BCUT2D eigenvalue weighted by Crippen LogP contribution is -2.38. The van der Waals surface area contributed by atoms with Crippen LogP contribution >= 0.6 is 51.2 Å². The fourth-order valence-corrected chi connectivity index (χ4v) is 4.33. The van der Waals surface area contributed by atoms with Crippen LogP contribution in [0.2, 0.25) is 0 Å². The maximum atomic E-state index is 10.5. The number of fused-ring (bicyclic) bond motifs is 1. The Labute approximate surface area is 194 Å². The Bertz CT molecular complexity index is 915. The van der Waals surface area contributed by atoms with Crippen LogP contribution in [0, 0.1) is 0 Å². The molecule has 0 spiro atoms. The van der Waals surface area contributed by atoms with Gasteiger partial charge in [0.25, 0.3) is 0 Å². The zero-order valence-electron chi connectivity index (χ0n) is 15.6. The summed E-state index contributed by atoms with van der Waals surface area (Å²) in [6.45, 7) is 1.00. The predicted molar refractivity (Wildman–Crippen MR) is 131 cm³/mol. The van der Waals surface area contributed by atoms with Crippen molar-refractivity contribution in [1.29, 1.82) is 0 Å². The van der Waals surface area contributed by atoms with Crippen LogP contribution in [0.15, 0.2) is 58.0 Å². The van der Waals surface area contributed by atoms with E-state index in [1.165, 1.54) is 4.70 Å². The normalized spacial score (nSPS) is 12.4. The number of hydrogen-bond donors (Lipinski definition) is 3. The molecule has 1 aromatic heterocycles. The molecule has 0 aliphatic rings. The van der Waals surface area contributed by atoms with Crippen molar-refractivity contribution in [2.75, 3.05) is 20.7 Å². The van der Waals surface area contributed by atoms with Gasteiger partial charge < -0.3 is 20.5 Å². The monoisotopic (exact) mass is 575 g/mol. The van der Waals surface area contributed by atoms with Crippen molar-refractivity contribution in [2.24, 2.45) is 4.99 Å². The van der Waals surface area contributed by atoms with E-state index in [1.807, 2.05) is 36.4 Å². The minimum absolute atomic E-state index is 0. The molecule has 3 aromatic rings. The number of aliphatic hydroxyl groups excluding tert-OH is 1. The molecular formula is C20H23BrIN3O2S.